The first-order valence-corrected chi connectivity index (χ1v) is 8.43. The molecule has 1 aromatic heterocycles. The molecule has 0 saturated heterocycles. The number of nitrogens with one attached hydrogen (secondary N) is 1. The molecule has 0 fully saturated rings. The van der Waals surface area contributed by atoms with E-state index in [9.17, 15) is 9.59 Å². The molecular formula is C17H19Cl2N3O3. The molecule has 2 rings (SSSR count). The van der Waals surface area contributed by atoms with E-state index in [2.05, 4.69) is 15.2 Å². The number of hydrogen-bond donors (Lipinski definition) is 1. The molecule has 1 atom stereocenters. The largest absolute Gasteiger partial charge is 0.469 e. The summed E-state index contributed by atoms with van der Waals surface area (Å²) in [5.41, 5.74) is 1.63. The maximum Gasteiger partial charge on any atom is 0.307 e. The number of amides is 1. The molecule has 1 unspecified atom stereocenters. The summed E-state index contributed by atoms with van der Waals surface area (Å²) < 4.78 is 6.12. The molecular weight excluding hydrogens is 365 g/mol. The summed E-state index contributed by atoms with van der Waals surface area (Å²) in [6.45, 7) is 3.77. The van der Waals surface area contributed by atoms with Crippen molar-refractivity contribution in [3.63, 3.8) is 0 Å². The minimum absolute atomic E-state index is 0.0761. The lowest BCUT2D eigenvalue weighted by Crippen LogP contribution is -2.34. The zero-order chi connectivity index (χ0) is 18.6. The molecule has 0 aliphatic carbocycles. The average Bonchev–Trinajstić information content (AvgIpc) is 2.83. The number of nitrogens with zero attached hydrogens (tertiary/aromatic N) is 2. The van der Waals surface area contributed by atoms with Crippen LogP contribution in [0, 0.1) is 6.92 Å². The SMILES string of the molecule is COC(=O)CC(C)NC(=O)c1c(C)nn(Cc2ccccc2Cl)c1Cl. The topological polar surface area (TPSA) is 73.2 Å². The molecule has 2 aromatic rings. The van der Waals surface area contributed by atoms with Crippen molar-refractivity contribution in [1.29, 1.82) is 0 Å². The van der Waals surface area contributed by atoms with Crippen LogP contribution in [0.1, 0.15) is 35.0 Å². The first-order chi connectivity index (χ1) is 11.8. The summed E-state index contributed by atoms with van der Waals surface area (Å²) in [7, 11) is 1.30. The molecule has 0 saturated carbocycles. The van der Waals surface area contributed by atoms with Crippen molar-refractivity contribution in [3.05, 3.63) is 51.3 Å². The van der Waals surface area contributed by atoms with Gasteiger partial charge in [-0.25, -0.2) is 4.68 Å². The summed E-state index contributed by atoms with van der Waals surface area (Å²) >= 11 is 12.5. The van der Waals surface area contributed by atoms with Crippen molar-refractivity contribution in [3.8, 4) is 0 Å². The summed E-state index contributed by atoms with van der Waals surface area (Å²) in [5, 5.41) is 7.88. The average molecular weight is 384 g/mol. The van der Waals surface area contributed by atoms with Crippen molar-refractivity contribution in [1.82, 2.24) is 15.1 Å². The van der Waals surface area contributed by atoms with E-state index in [0.717, 1.165) is 5.56 Å². The number of methoxy groups -OCH3 is 1. The van der Waals surface area contributed by atoms with Gasteiger partial charge in [-0.3, -0.25) is 9.59 Å². The lowest BCUT2D eigenvalue weighted by atomic mass is 10.2. The number of hydrogen-bond acceptors (Lipinski definition) is 4. The van der Waals surface area contributed by atoms with Crippen molar-refractivity contribution in [2.75, 3.05) is 7.11 Å². The highest BCUT2D eigenvalue weighted by molar-refractivity contribution is 6.33. The third kappa shape index (κ3) is 4.74. The monoisotopic (exact) mass is 383 g/mol. The number of aromatic nitrogens is 2. The predicted octanol–water partition coefficient (Wildman–Crippen LogP) is 3.23. The number of halogens is 2. The minimum Gasteiger partial charge on any atom is -0.469 e. The van der Waals surface area contributed by atoms with E-state index in [-0.39, 0.29) is 29.1 Å². The van der Waals surface area contributed by atoms with Crippen LogP contribution in [-0.2, 0) is 16.1 Å². The van der Waals surface area contributed by atoms with Crippen LogP contribution in [0.5, 0.6) is 0 Å². The first-order valence-electron chi connectivity index (χ1n) is 7.67. The van der Waals surface area contributed by atoms with Crippen molar-refractivity contribution in [2.45, 2.75) is 32.9 Å². The Balaban J connectivity index is 2.17. The van der Waals surface area contributed by atoms with Crippen LogP contribution >= 0.6 is 23.2 Å². The molecule has 1 amide bonds. The van der Waals surface area contributed by atoms with Gasteiger partial charge in [0, 0.05) is 11.1 Å². The van der Waals surface area contributed by atoms with Gasteiger partial charge in [0.25, 0.3) is 5.91 Å². The molecule has 25 heavy (non-hydrogen) atoms. The second kappa shape index (κ2) is 8.36. The Morgan fingerprint density at radius 2 is 2.00 bits per heavy atom. The number of aryl methyl sites for hydroxylation is 1. The van der Waals surface area contributed by atoms with Gasteiger partial charge in [0.05, 0.1) is 31.3 Å². The van der Waals surface area contributed by atoms with Crippen molar-refractivity contribution < 1.29 is 14.3 Å². The zero-order valence-electron chi connectivity index (χ0n) is 14.2. The molecule has 0 spiro atoms. The van der Waals surface area contributed by atoms with E-state index >= 15 is 0 Å². The highest BCUT2D eigenvalue weighted by atomic mass is 35.5. The predicted molar refractivity (Wildman–Crippen MR) is 96.1 cm³/mol. The van der Waals surface area contributed by atoms with Gasteiger partial charge in [-0.2, -0.15) is 5.10 Å². The molecule has 1 aromatic carbocycles. The molecule has 0 aliphatic rings. The highest BCUT2D eigenvalue weighted by Crippen LogP contribution is 2.23. The molecule has 0 radical (unpaired) electrons. The second-order valence-electron chi connectivity index (χ2n) is 5.66. The fourth-order valence-corrected chi connectivity index (χ4v) is 2.90. The van der Waals surface area contributed by atoms with E-state index in [1.165, 1.54) is 11.8 Å². The Morgan fingerprint density at radius 1 is 1.32 bits per heavy atom. The van der Waals surface area contributed by atoms with Crippen LogP contribution in [0.2, 0.25) is 10.2 Å². The van der Waals surface area contributed by atoms with Crippen LogP contribution in [0.15, 0.2) is 24.3 Å². The lowest BCUT2D eigenvalue weighted by molar-refractivity contribution is -0.141. The molecule has 6 nitrogen and oxygen atoms in total. The van der Waals surface area contributed by atoms with Crippen LogP contribution in [0.4, 0.5) is 0 Å². The minimum atomic E-state index is -0.398. The normalized spacial score (nSPS) is 11.9. The molecule has 8 heteroatoms. The van der Waals surface area contributed by atoms with Gasteiger partial charge < -0.3 is 10.1 Å². The number of carbonyl (C=O) groups is 2. The first kappa shape index (κ1) is 19.3. The van der Waals surface area contributed by atoms with Gasteiger partial charge in [0.1, 0.15) is 5.15 Å². The Kier molecular flexibility index (Phi) is 6.45. The van der Waals surface area contributed by atoms with Gasteiger partial charge in [-0.05, 0) is 25.5 Å². The quantitative estimate of drug-likeness (QED) is 0.777. The smallest absolute Gasteiger partial charge is 0.307 e. The Labute approximate surface area is 156 Å². The van der Waals surface area contributed by atoms with Gasteiger partial charge in [-0.15, -0.1) is 0 Å². The number of benzene rings is 1. The Hall–Kier alpha value is -2.05. The highest BCUT2D eigenvalue weighted by Gasteiger charge is 2.22. The van der Waals surface area contributed by atoms with Crippen LogP contribution in [0.3, 0.4) is 0 Å². The third-order valence-electron chi connectivity index (χ3n) is 3.65. The van der Waals surface area contributed by atoms with E-state index < -0.39 is 5.97 Å². The Bertz CT molecular complexity index is 789. The standard InChI is InChI=1S/C17H19Cl2N3O3/c1-10(8-14(23)25-3)20-17(24)15-11(2)21-22(16(15)19)9-12-6-4-5-7-13(12)18/h4-7,10H,8-9H2,1-3H3,(H,20,24). The van der Waals surface area contributed by atoms with Crippen molar-refractivity contribution >= 4 is 35.1 Å². The van der Waals surface area contributed by atoms with Gasteiger partial charge in [0.15, 0.2) is 0 Å². The molecule has 0 aliphatic heterocycles. The van der Waals surface area contributed by atoms with Crippen molar-refractivity contribution in [2.24, 2.45) is 0 Å². The van der Waals surface area contributed by atoms with E-state index in [0.29, 0.717) is 17.3 Å². The molecule has 1 N–H and O–H groups in total. The van der Waals surface area contributed by atoms with Gasteiger partial charge in [-0.1, -0.05) is 41.4 Å². The fourth-order valence-electron chi connectivity index (χ4n) is 2.38. The molecule has 0 bridgehead atoms. The number of ether oxygens (including phenoxy) is 1. The second-order valence-corrected chi connectivity index (χ2v) is 6.42. The van der Waals surface area contributed by atoms with E-state index in [1.807, 2.05) is 18.2 Å². The van der Waals surface area contributed by atoms with Gasteiger partial charge in [0.2, 0.25) is 0 Å². The number of esters is 1. The Morgan fingerprint density at radius 3 is 2.64 bits per heavy atom. The van der Waals surface area contributed by atoms with E-state index in [4.69, 9.17) is 23.2 Å². The summed E-state index contributed by atoms with van der Waals surface area (Å²) in [4.78, 5) is 23.8. The summed E-state index contributed by atoms with van der Waals surface area (Å²) in [6.07, 6.45) is 0.0761. The van der Waals surface area contributed by atoms with Crippen LogP contribution < -0.4 is 5.32 Å². The number of rotatable bonds is 6. The molecule has 1 heterocycles. The summed E-state index contributed by atoms with van der Waals surface area (Å²) in [6, 6.07) is 6.97. The molecule has 134 valence electrons. The zero-order valence-corrected chi connectivity index (χ0v) is 15.7. The lowest BCUT2D eigenvalue weighted by Gasteiger charge is -2.12. The van der Waals surface area contributed by atoms with E-state index in [1.54, 1.807) is 19.9 Å². The van der Waals surface area contributed by atoms with Crippen LogP contribution in [-0.4, -0.2) is 34.8 Å². The summed E-state index contributed by atoms with van der Waals surface area (Å²) in [5.74, 6) is -0.783. The maximum absolute atomic E-state index is 12.5. The van der Waals surface area contributed by atoms with Crippen LogP contribution in [0.25, 0.3) is 0 Å². The maximum atomic E-state index is 12.5. The number of carbonyl (C=O) groups excluding carboxylic acids is 2. The fraction of sp³-hybridized carbons (Fsp3) is 0.353. The van der Waals surface area contributed by atoms with Gasteiger partial charge >= 0.3 is 5.97 Å². The third-order valence-corrected chi connectivity index (χ3v) is 4.40.